The maximum absolute atomic E-state index is 12.5. The Morgan fingerprint density at radius 2 is 1.43 bits per heavy atom. The molecular formula is C19H27O4-. The van der Waals surface area contributed by atoms with E-state index < -0.39 is 11.8 Å². The molecule has 1 unspecified atom stereocenters. The van der Waals surface area contributed by atoms with Gasteiger partial charge in [-0.2, -0.15) is 0 Å². The molecule has 0 aromatic heterocycles. The van der Waals surface area contributed by atoms with Gasteiger partial charge in [0.05, 0.1) is 5.92 Å². The lowest BCUT2D eigenvalue weighted by atomic mass is 9.63. The van der Waals surface area contributed by atoms with Crippen molar-refractivity contribution in [3.8, 4) is 0 Å². The highest BCUT2D eigenvalue weighted by atomic mass is 16.3. The second-order valence-corrected chi connectivity index (χ2v) is 8.72. The van der Waals surface area contributed by atoms with Crippen molar-refractivity contribution in [1.29, 1.82) is 0 Å². The van der Waals surface area contributed by atoms with E-state index in [4.69, 9.17) is 0 Å². The first kappa shape index (κ1) is 17.9. The van der Waals surface area contributed by atoms with Crippen LogP contribution in [-0.4, -0.2) is 17.3 Å². The van der Waals surface area contributed by atoms with E-state index in [0.717, 1.165) is 0 Å². The van der Waals surface area contributed by atoms with E-state index in [1.807, 2.05) is 34.6 Å². The predicted molar refractivity (Wildman–Crippen MR) is 85.3 cm³/mol. The highest BCUT2D eigenvalue weighted by molar-refractivity contribution is 6.08. The van der Waals surface area contributed by atoms with Crippen LogP contribution in [0.3, 0.4) is 0 Å². The molecule has 23 heavy (non-hydrogen) atoms. The lowest BCUT2D eigenvalue weighted by Gasteiger charge is -2.41. The SMILES string of the molecule is CCC(C1=C([O-])CC(C)(C)CC1=O)C1C(=O)CC(C)(C)CC1=O. The number of rotatable bonds is 3. The van der Waals surface area contributed by atoms with Crippen molar-refractivity contribution in [2.75, 3.05) is 0 Å². The van der Waals surface area contributed by atoms with Crippen molar-refractivity contribution in [3.05, 3.63) is 11.3 Å². The molecule has 0 spiro atoms. The fourth-order valence-corrected chi connectivity index (χ4v) is 4.15. The Morgan fingerprint density at radius 1 is 0.957 bits per heavy atom. The van der Waals surface area contributed by atoms with Crippen LogP contribution in [0.5, 0.6) is 0 Å². The van der Waals surface area contributed by atoms with Gasteiger partial charge >= 0.3 is 0 Å². The molecule has 1 saturated carbocycles. The third kappa shape index (κ3) is 3.56. The molecule has 0 N–H and O–H groups in total. The highest BCUT2D eigenvalue weighted by Crippen LogP contribution is 2.43. The topological polar surface area (TPSA) is 74.3 Å². The summed E-state index contributed by atoms with van der Waals surface area (Å²) in [6.07, 6.45) is 1.76. The summed E-state index contributed by atoms with van der Waals surface area (Å²) in [5, 5.41) is 12.5. The zero-order chi connectivity index (χ0) is 17.6. The number of hydrogen-bond donors (Lipinski definition) is 0. The van der Waals surface area contributed by atoms with Crippen LogP contribution in [0.15, 0.2) is 11.3 Å². The minimum atomic E-state index is -0.808. The van der Waals surface area contributed by atoms with Crippen LogP contribution in [0.25, 0.3) is 0 Å². The van der Waals surface area contributed by atoms with Crippen LogP contribution in [0.4, 0.5) is 0 Å². The molecule has 0 heterocycles. The normalized spacial score (nSPS) is 26.6. The first-order chi connectivity index (χ1) is 10.5. The summed E-state index contributed by atoms with van der Waals surface area (Å²) < 4.78 is 0. The van der Waals surface area contributed by atoms with Crippen molar-refractivity contribution >= 4 is 17.3 Å². The van der Waals surface area contributed by atoms with E-state index in [2.05, 4.69) is 0 Å². The minimum absolute atomic E-state index is 0.115. The maximum Gasteiger partial charge on any atom is 0.158 e. The van der Waals surface area contributed by atoms with Crippen molar-refractivity contribution in [1.82, 2.24) is 0 Å². The number of ketones is 3. The van der Waals surface area contributed by atoms with Crippen LogP contribution < -0.4 is 5.11 Å². The van der Waals surface area contributed by atoms with E-state index in [9.17, 15) is 19.5 Å². The van der Waals surface area contributed by atoms with Gasteiger partial charge in [0.1, 0.15) is 11.6 Å². The fourth-order valence-electron chi connectivity index (χ4n) is 4.15. The molecule has 0 aromatic carbocycles. The third-order valence-electron chi connectivity index (χ3n) is 5.09. The second kappa shape index (κ2) is 5.88. The summed E-state index contributed by atoms with van der Waals surface area (Å²) in [5.41, 5.74) is -0.437. The molecule has 0 aromatic rings. The molecule has 0 saturated heterocycles. The van der Waals surface area contributed by atoms with Gasteiger partial charge in [0.2, 0.25) is 0 Å². The Balaban J connectivity index is 2.38. The van der Waals surface area contributed by atoms with Gasteiger partial charge in [-0.15, -0.1) is 5.76 Å². The van der Waals surface area contributed by atoms with Crippen LogP contribution in [0, 0.1) is 22.7 Å². The molecule has 4 nitrogen and oxygen atoms in total. The van der Waals surface area contributed by atoms with Crippen molar-refractivity contribution in [2.24, 2.45) is 22.7 Å². The summed E-state index contributed by atoms with van der Waals surface area (Å²) >= 11 is 0. The van der Waals surface area contributed by atoms with Gasteiger partial charge in [-0.25, -0.2) is 0 Å². The summed E-state index contributed by atoms with van der Waals surface area (Å²) in [7, 11) is 0. The minimum Gasteiger partial charge on any atom is -0.875 e. The second-order valence-electron chi connectivity index (χ2n) is 8.72. The molecular weight excluding hydrogens is 292 g/mol. The third-order valence-corrected chi connectivity index (χ3v) is 5.09. The molecule has 128 valence electrons. The smallest absolute Gasteiger partial charge is 0.158 e. The number of hydrogen-bond acceptors (Lipinski definition) is 4. The van der Waals surface area contributed by atoms with Crippen molar-refractivity contribution in [2.45, 2.75) is 66.7 Å². The monoisotopic (exact) mass is 319 g/mol. The van der Waals surface area contributed by atoms with E-state index in [0.29, 0.717) is 32.1 Å². The van der Waals surface area contributed by atoms with Crippen LogP contribution in [-0.2, 0) is 14.4 Å². The lowest BCUT2D eigenvalue weighted by molar-refractivity contribution is -0.313. The lowest BCUT2D eigenvalue weighted by Crippen LogP contribution is -2.44. The standard InChI is InChI=1S/C19H28O4/c1-6-11(16-12(20)7-18(2,3)8-13(16)21)17-14(22)9-19(4,5)10-15(17)23/h11,16,22H,6-10H2,1-5H3/p-1. The van der Waals surface area contributed by atoms with Crippen LogP contribution >= 0.6 is 0 Å². The van der Waals surface area contributed by atoms with Crippen molar-refractivity contribution < 1.29 is 19.5 Å². The maximum atomic E-state index is 12.5. The largest absolute Gasteiger partial charge is 0.875 e. The number of allylic oxidation sites excluding steroid dienone is 2. The molecule has 2 rings (SSSR count). The van der Waals surface area contributed by atoms with Gasteiger partial charge in [0.15, 0.2) is 5.78 Å². The summed E-state index contributed by atoms with van der Waals surface area (Å²) in [6.45, 7) is 9.47. The zero-order valence-corrected chi connectivity index (χ0v) is 14.8. The summed E-state index contributed by atoms with van der Waals surface area (Å²) in [6, 6.07) is 0. The van der Waals surface area contributed by atoms with Crippen LogP contribution in [0.2, 0.25) is 0 Å². The quantitative estimate of drug-likeness (QED) is 0.749. The highest BCUT2D eigenvalue weighted by Gasteiger charge is 2.45. The molecule has 0 radical (unpaired) electrons. The van der Waals surface area contributed by atoms with Gasteiger partial charge in [-0.1, -0.05) is 34.6 Å². The molecule has 1 atom stereocenters. The molecule has 0 bridgehead atoms. The van der Waals surface area contributed by atoms with E-state index in [-0.39, 0.29) is 39.5 Å². The summed E-state index contributed by atoms with van der Waals surface area (Å²) in [5.74, 6) is -1.93. The summed E-state index contributed by atoms with van der Waals surface area (Å²) in [4.78, 5) is 37.6. The van der Waals surface area contributed by atoms with E-state index >= 15 is 0 Å². The molecule has 0 aliphatic heterocycles. The molecule has 2 aliphatic rings. The molecule has 0 amide bonds. The van der Waals surface area contributed by atoms with Gasteiger partial charge < -0.3 is 5.11 Å². The fraction of sp³-hybridized carbons (Fsp3) is 0.737. The Kier molecular flexibility index (Phi) is 4.57. The van der Waals surface area contributed by atoms with Crippen molar-refractivity contribution in [3.63, 3.8) is 0 Å². The zero-order valence-electron chi connectivity index (χ0n) is 14.8. The van der Waals surface area contributed by atoms with E-state index in [1.165, 1.54) is 0 Å². The first-order valence-corrected chi connectivity index (χ1v) is 8.46. The van der Waals surface area contributed by atoms with Gasteiger partial charge in [0.25, 0.3) is 0 Å². The van der Waals surface area contributed by atoms with Gasteiger partial charge in [-0.05, 0) is 29.2 Å². The average molecular weight is 319 g/mol. The number of carbonyl (C=O) groups excluding carboxylic acids is 3. The predicted octanol–water partition coefficient (Wildman–Crippen LogP) is 2.59. The molecule has 2 aliphatic carbocycles. The number of Topliss-reactive ketones (excluding diaryl/α,β-unsaturated/α-hetero) is 3. The first-order valence-electron chi connectivity index (χ1n) is 8.46. The number of carbonyl (C=O) groups is 3. The van der Waals surface area contributed by atoms with Gasteiger partial charge in [0, 0.05) is 25.2 Å². The van der Waals surface area contributed by atoms with E-state index in [1.54, 1.807) is 0 Å². The Morgan fingerprint density at radius 3 is 1.87 bits per heavy atom. The Bertz CT molecular complexity index is 560. The Labute approximate surface area is 138 Å². The molecule has 1 fully saturated rings. The van der Waals surface area contributed by atoms with Crippen LogP contribution in [0.1, 0.15) is 66.7 Å². The average Bonchev–Trinajstić information content (AvgIpc) is 2.31. The van der Waals surface area contributed by atoms with Gasteiger partial charge in [-0.3, -0.25) is 14.4 Å². The molecule has 4 heteroatoms. The Hall–Kier alpha value is -1.45.